The smallest absolute Gasteiger partial charge is 0.0931 e. The molecule has 17 heavy (non-hydrogen) atoms. The zero-order chi connectivity index (χ0) is 13.2. The van der Waals surface area contributed by atoms with Crippen LogP contribution in [0.5, 0.6) is 0 Å². The number of nitrogens with two attached hydrogens (primary N) is 1. The molecule has 4 heteroatoms. The Balaban J connectivity index is 3.02. The zero-order valence-corrected chi connectivity index (χ0v) is 12.9. The van der Waals surface area contributed by atoms with E-state index < -0.39 is 0 Å². The van der Waals surface area contributed by atoms with Crippen molar-refractivity contribution >= 4 is 22.9 Å². The van der Waals surface area contributed by atoms with Crippen LogP contribution < -0.4 is 5.73 Å². The predicted molar refractivity (Wildman–Crippen MR) is 77.9 cm³/mol. The van der Waals surface area contributed by atoms with Gasteiger partial charge in [-0.05, 0) is 46.4 Å². The first-order valence-corrected chi connectivity index (χ1v) is 7.22. The fourth-order valence-electron chi connectivity index (χ4n) is 1.92. The van der Waals surface area contributed by atoms with Crippen LogP contribution in [0.15, 0.2) is 12.1 Å². The molecule has 98 valence electrons. The quantitative estimate of drug-likeness (QED) is 0.882. The number of nitrogens with zero attached hydrogens (tertiary/aromatic N) is 1. The SMILES string of the molecule is CCC(C)(C)N(C)C(c1ccc(Cl)s1)C(C)N. The van der Waals surface area contributed by atoms with E-state index in [9.17, 15) is 0 Å². The predicted octanol–water partition coefficient (Wildman–Crippen LogP) is 3.91. The molecule has 1 heterocycles. The molecule has 2 atom stereocenters. The molecule has 0 fully saturated rings. The van der Waals surface area contributed by atoms with E-state index in [4.69, 9.17) is 17.3 Å². The molecular formula is C13H23ClN2S. The summed E-state index contributed by atoms with van der Waals surface area (Å²) >= 11 is 7.64. The highest BCUT2D eigenvalue weighted by molar-refractivity contribution is 7.16. The molecular weight excluding hydrogens is 252 g/mol. The summed E-state index contributed by atoms with van der Waals surface area (Å²) in [7, 11) is 2.14. The van der Waals surface area contributed by atoms with Crippen LogP contribution in [0, 0.1) is 0 Å². The topological polar surface area (TPSA) is 29.3 Å². The van der Waals surface area contributed by atoms with Gasteiger partial charge < -0.3 is 5.73 Å². The largest absolute Gasteiger partial charge is 0.326 e. The summed E-state index contributed by atoms with van der Waals surface area (Å²) < 4.78 is 0.827. The molecule has 0 aliphatic rings. The Hall–Kier alpha value is -0.0900. The van der Waals surface area contributed by atoms with E-state index in [0.29, 0.717) is 0 Å². The molecule has 0 radical (unpaired) electrons. The van der Waals surface area contributed by atoms with Crippen LogP contribution in [-0.2, 0) is 0 Å². The number of halogens is 1. The lowest BCUT2D eigenvalue weighted by Crippen LogP contribution is -2.47. The van der Waals surface area contributed by atoms with E-state index in [2.05, 4.69) is 45.7 Å². The molecule has 0 spiro atoms. The highest BCUT2D eigenvalue weighted by atomic mass is 35.5. The maximum atomic E-state index is 6.15. The Labute approximate surface area is 114 Å². The number of rotatable bonds is 5. The Morgan fingerprint density at radius 1 is 1.47 bits per heavy atom. The van der Waals surface area contributed by atoms with Crippen molar-refractivity contribution in [3.8, 4) is 0 Å². The number of thiophene rings is 1. The van der Waals surface area contributed by atoms with Gasteiger partial charge in [0, 0.05) is 16.5 Å². The monoisotopic (exact) mass is 274 g/mol. The van der Waals surface area contributed by atoms with Gasteiger partial charge in [0.15, 0.2) is 0 Å². The van der Waals surface area contributed by atoms with Crippen LogP contribution in [0.3, 0.4) is 0 Å². The third-order valence-electron chi connectivity index (χ3n) is 3.62. The second-order valence-electron chi connectivity index (χ2n) is 5.22. The number of hydrogen-bond acceptors (Lipinski definition) is 3. The van der Waals surface area contributed by atoms with Gasteiger partial charge in [0.2, 0.25) is 0 Å². The molecule has 0 aliphatic heterocycles. The highest BCUT2D eigenvalue weighted by Gasteiger charge is 2.31. The summed E-state index contributed by atoms with van der Waals surface area (Å²) in [6.07, 6.45) is 1.09. The first-order valence-electron chi connectivity index (χ1n) is 6.03. The molecule has 2 unspecified atom stereocenters. The minimum Gasteiger partial charge on any atom is -0.326 e. The second kappa shape index (κ2) is 5.70. The Bertz CT molecular complexity index is 360. The summed E-state index contributed by atoms with van der Waals surface area (Å²) in [4.78, 5) is 3.61. The summed E-state index contributed by atoms with van der Waals surface area (Å²) in [5, 5.41) is 0. The molecule has 0 aromatic carbocycles. The second-order valence-corrected chi connectivity index (χ2v) is 6.97. The minimum atomic E-state index is 0.0838. The molecule has 1 aromatic rings. The van der Waals surface area contributed by atoms with Gasteiger partial charge in [0.1, 0.15) is 0 Å². The molecule has 2 N–H and O–H groups in total. The summed E-state index contributed by atoms with van der Waals surface area (Å²) in [6, 6.07) is 4.34. The third-order valence-corrected chi connectivity index (χ3v) is 4.92. The van der Waals surface area contributed by atoms with Crippen molar-refractivity contribution < 1.29 is 0 Å². The molecule has 1 aromatic heterocycles. The molecule has 1 rings (SSSR count). The summed E-state index contributed by atoms with van der Waals surface area (Å²) in [5.41, 5.74) is 6.29. The van der Waals surface area contributed by atoms with E-state index in [1.807, 2.05) is 6.07 Å². The van der Waals surface area contributed by atoms with Gasteiger partial charge in [0.25, 0.3) is 0 Å². The van der Waals surface area contributed by atoms with Crippen LogP contribution in [0.25, 0.3) is 0 Å². The average molecular weight is 275 g/mol. The van der Waals surface area contributed by atoms with Crippen molar-refractivity contribution in [3.63, 3.8) is 0 Å². The highest BCUT2D eigenvalue weighted by Crippen LogP contribution is 2.35. The number of likely N-dealkylation sites (N-methyl/N-ethyl adjacent to an activating group) is 1. The molecule has 0 saturated heterocycles. The van der Waals surface area contributed by atoms with E-state index in [1.165, 1.54) is 4.88 Å². The van der Waals surface area contributed by atoms with Crippen LogP contribution in [0.1, 0.15) is 45.0 Å². The molecule has 2 nitrogen and oxygen atoms in total. The fraction of sp³-hybridized carbons (Fsp3) is 0.692. The lowest BCUT2D eigenvalue weighted by Gasteiger charge is -2.42. The van der Waals surface area contributed by atoms with Crippen LogP contribution in [0.2, 0.25) is 4.34 Å². The normalized spacial score (nSPS) is 16.2. The van der Waals surface area contributed by atoms with Gasteiger partial charge in [-0.3, -0.25) is 4.90 Å². The lowest BCUT2D eigenvalue weighted by molar-refractivity contribution is 0.0866. The Morgan fingerprint density at radius 3 is 2.41 bits per heavy atom. The first kappa shape index (κ1) is 15.0. The van der Waals surface area contributed by atoms with E-state index >= 15 is 0 Å². The summed E-state index contributed by atoms with van der Waals surface area (Å²) in [5.74, 6) is 0. The maximum Gasteiger partial charge on any atom is 0.0931 e. The van der Waals surface area contributed by atoms with Gasteiger partial charge in [-0.2, -0.15) is 0 Å². The van der Waals surface area contributed by atoms with Crippen molar-refractivity contribution in [2.45, 2.75) is 51.7 Å². The van der Waals surface area contributed by atoms with Gasteiger partial charge in [0.05, 0.1) is 10.4 Å². The van der Waals surface area contributed by atoms with Crippen LogP contribution in [-0.4, -0.2) is 23.5 Å². The fourth-order valence-corrected chi connectivity index (χ4v) is 3.24. The molecule has 0 amide bonds. The van der Waals surface area contributed by atoms with Crippen LogP contribution in [0.4, 0.5) is 0 Å². The third kappa shape index (κ3) is 3.44. The van der Waals surface area contributed by atoms with Crippen molar-refractivity contribution in [2.75, 3.05) is 7.05 Å². The molecule has 0 saturated carbocycles. The van der Waals surface area contributed by atoms with Gasteiger partial charge >= 0.3 is 0 Å². The summed E-state index contributed by atoms with van der Waals surface area (Å²) in [6.45, 7) is 8.76. The van der Waals surface area contributed by atoms with Crippen molar-refractivity contribution in [1.29, 1.82) is 0 Å². The molecule has 0 bridgehead atoms. The van der Waals surface area contributed by atoms with Crippen molar-refractivity contribution in [1.82, 2.24) is 4.90 Å². The van der Waals surface area contributed by atoms with Gasteiger partial charge in [-0.25, -0.2) is 0 Å². The zero-order valence-electron chi connectivity index (χ0n) is 11.3. The van der Waals surface area contributed by atoms with Crippen LogP contribution >= 0.6 is 22.9 Å². The van der Waals surface area contributed by atoms with Crippen molar-refractivity contribution in [2.24, 2.45) is 5.73 Å². The van der Waals surface area contributed by atoms with Gasteiger partial charge in [-0.1, -0.05) is 18.5 Å². The van der Waals surface area contributed by atoms with Crippen molar-refractivity contribution in [3.05, 3.63) is 21.3 Å². The Morgan fingerprint density at radius 2 is 2.06 bits per heavy atom. The Kier molecular flexibility index (Phi) is 5.02. The average Bonchev–Trinajstić information content (AvgIpc) is 2.64. The first-order chi connectivity index (χ1) is 7.79. The van der Waals surface area contributed by atoms with E-state index in [0.717, 1.165) is 10.8 Å². The van der Waals surface area contributed by atoms with E-state index in [1.54, 1.807) is 11.3 Å². The minimum absolute atomic E-state index is 0.0838. The maximum absolute atomic E-state index is 6.15. The van der Waals surface area contributed by atoms with Gasteiger partial charge in [-0.15, -0.1) is 11.3 Å². The standard InChI is InChI=1S/C13H23ClN2S/c1-6-13(3,4)16(5)12(9(2)15)10-7-8-11(14)17-10/h7-9,12H,6,15H2,1-5H3. The number of hydrogen-bond donors (Lipinski definition) is 1. The molecule has 0 aliphatic carbocycles. The lowest BCUT2D eigenvalue weighted by atomic mass is 9.95. The van der Waals surface area contributed by atoms with E-state index in [-0.39, 0.29) is 17.6 Å².